The summed E-state index contributed by atoms with van der Waals surface area (Å²) in [5.74, 6) is 0.978. The lowest BCUT2D eigenvalue weighted by Gasteiger charge is -2.22. The number of ether oxygens (including phenoxy) is 2. The highest BCUT2D eigenvalue weighted by Crippen LogP contribution is 2.39. The summed E-state index contributed by atoms with van der Waals surface area (Å²) in [6, 6.07) is 10.7. The lowest BCUT2D eigenvalue weighted by atomic mass is 10.1. The number of anilines is 1. The second-order valence-corrected chi connectivity index (χ2v) is 7.77. The molecule has 0 radical (unpaired) electrons. The zero-order chi connectivity index (χ0) is 20.3. The standard InChI is InChI=1S/C20H22ClN3O3S.ClH/c1-23(2)11-12-24(19(25)13-7-5-6-8-15(13)26-3)20-22-17-16(27-4)10-9-14(21)18(17)28-20;/h5-10H,11-12H2,1-4H3;1H. The Hall–Kier alpha value is -2.06. The Kier molecular flexibility index (Phi) is 8.10. The van der Waals surface area contributed by atoms with E-state index in [0.717, 1.165) is 4.70 Å². The van der Waals surface area contributed by atoms with Crippen LogP contribution in [0.3, 0.4) is 0 Å². The van der Waals surface area contributed by atoms with E-state index < -0.39 is 0 Å². The predicted octanol–water partition coefficient (Wildman–Crippen LogP) is 4.60. The number of methoxy groups -OCH3 is 2. The molecule has 0 spiro atoms. The molecule has 1 amide bonds. The van der Waals surface area contributed by atoms with E-state index in [9.17, 15) is 4.79 Å². The highest BCUT2D eigenvalue weighted by molar-refractivity contribution is 7.23. The molecule has 1 heterocycles. The minimum atomic E-state index is -0.173. The fraction of sp³-hybridized carbons (Fsp3) is 0.300. The molecule has 0 fully saturated rings. The maximum atomic E-state index is 13.4. The average molecular weight is 456 g/mol. The van der Waals surface area contributed by atoms with E-state index in [4.69, 9.17) is 21.1 Å². The molecular weight excluding hydrogens is 433 g/mol. The van der Waals surface area contributed by atoms with Gasteiger partial charge in [0, 0.05) is 13.1 Å². The Balaban J connectivity index is 0.00000300. The topological polar surface area (TPSA) is 54.9 Å². The molecule has 3 rings (SSSR count). The van der Waals surface area contributed by atoms with Crippen molar-refractivity contribution in [2.24, 2.45) is 0 Å². The third kappa shape index (κ3) is 4.93. The van der Waals surface area contributed by atoms with Gasteiger partial charge in [-0.25, -0.2) is 4.98 Å². The number of rotatable bonds is 7. The molecule has 29 heavy (non-hydrogen) atoms. The van der Waals surface area contributed by atoms with Crippen molar-refractivity contribution in [3.63, 3.8) is 0 Å². The van der Waals surface area contributed by atoms with E-state index in [1.807, 2.05) is 31.1 Å². The first-order valence-electron chi connectivity index (χ1n) is 8.69. The van der Waals surface area contributed by atoms with Crippen LogP contribution in [-0.4, -0.2) is 57.2 Å². The Labute approximate surface area is 185 Å². The van der Waals surface area contributed by atoms with Crippen molar-refractivity contribution in [1.82, 2.24) is 9.88 Å². The number of para-hydroxylation sites is 1. The third-order valence-electron chi connectivity index (χ3n) is 4.25. The average Bonchev–Trinajstić information content (AvgIpc) is 3.14. The number of benzene rings is 2. The molecule has 6 nitrogen and oxygen atoms in total. The van der Waals surface area contributed by atoms with Gasteiger partial charge >= 0.3 is 0 Å². The molecule has 0 N–H and O–H groups in total. The van der Waals surface area contributed by atoms with Gasteiger partial charge in [0.15, 0.2) is 5.13 Å². The number of likely N-dealkylation sites (N-methyl/N-ethyl adjacent to an activating group) is 1. The van der Waals surface area contributed by atoms with Gasteiger partial charge in [-0.3, -0.25) is 9.69 Å². The van der Waals surface area contributed by atoms with Gasteiger partial charge < -0.3 is 14.4 Å². The molecule has 0 aliphatic heterocycles. The van der Waals surface area contributed by atoms with Crippen LogP contribution >= 0.6 is 35.3 Å². The molecule has 156 valence electrons. The van der Waals surface area contributed by atoms with Crippen LogP contribution in [0.4, 0.5) is 5.13 Å². The number of hydrogen-bond acceptors (Lipinski definition) is 6. The zero-order valence-corrected chi connectivity index (χ0v) is 19.0. The van der Waals surface area contributed by atoms with Crippen LogP contribution in [0.1, 0.15) is 10.4 Å². The smallest absolute Gasteiger partial charge is 0.263 e. The van der Waals surface area contributed by atoms with Gasteiger partial charge in [0.2, 0.25) is 0 Å². The van der Waals surface area contributed by atoms with E-state index in [0.29, 0.717) is 45.8 Å². The van der Waals surface area contributed by atoms with Gasteiger partial charge in [-0.1, -0.05) is 35.1 Å². The minimum Gasteiger partial charge on any atom is -0.496 e. The summed E-state index contributed by atoms with van der Waals surface area (Å²) in [5, 5.41) is 1.15. The molecule has 9 heteroatoms. The number of carbonyl (C=O) groups excluding carboxylic acids is 1. The van der Waals surface area contributed by atoms with Crippen LogP contribution < -0.4 is 14.4 Å². The van der Waals surface area contributed by atoms with E-state index in [1.165, 1.54) is 11.3 Å². The summed E-state index contributed by atoms with van der Waals surface area (Å²) in [6.07, 6.45) is 0. The van der Waals surface area contributed by atoms with Crippen LogP contribution in [-0.2, 0) is 0 Å². The summed E-state index contributed by atoms with van der Waals surface area (Å²) < 4.78 is 11.6. The number of aromatic nitrogens is 1. The first-order valence-corrected chi connectivity index (χ1v) is 9.88. The predicted molar refractivity (Wildman–Crippen MR) is 122 cm³/mol. The maximum absolute atomic E-state index is 13.4. The van der Waals surface area contributed by atoms with Gasteiger partial charge in [-0.2, -0.15) is 0 Å². The normalized spacial score (nSPS) is 10.7. The first kappa shape index (κ1) is 23.2. The van der Waals surface area contributed by atoms with Crippen molar-refractivity contribution >= 4 is 56.6 Å². The molecule has 0 saturated carbocycles. The third-order valence-corrected chi connectivity index (χ3v) is 5.79. The highest BCUT2D eigenvalue weighted by atomic mass is 35.5. The Morgan fingerprint density at radius 1 is 1.07 bits per heavy atom. The van der Waals surface area contributed by atoms with Crippen LogP contribution in [0, 0.1) is 0 Å². The van der Waals surface area contributed by atoms with Crippen LogP contribution in [0.25, 0.3) is 10.2 Å². The van der Waals surface area contributed by atoms with Gasteiger partial charge in [-0.15, -0.1) is 12.4 Å². The second-order valence-electron chi connectivity index (χ2n) is 6.38. The number of hydrogen-bond donors (Lipinski definition) is 0. The number of thiazole rings is 1. The molecule has 0 unspecified atom stereocenters. The molecule has 3 aromatic rings. The number of carbonyl (C=O) groups is 1. The summed E-state index contributed by atoms with van der Waals surface area (Å²) in [5.41, 5.74) is 1.14. The molecule has 0 aliphatic rings. The van der Waals surface area contributed by atoms with Crippen molar-refractivity contribution < 1.29 is 14.3 Å². The second kappa shape index (κ2) is 10.1. The van der Waals surface area contributed by atoms with Crippen LogP contribution in [0.15, 0.2) is 36.4 Å². The molecule has 2 aromatic carbocycles. The largest absolute Gasteiger partial charge is 0.496 e. The highest BCUT2D eigenvalue weighted by Gasteiger charge is 2.25. The summed E-state index contributed by atoms with van der Waals surface area (Å²) in [7, 11) is 7.07. The fourth-order valence-corrected chi connectivity index (χ4v) is 4.05. The number of nitrogens with zero attached hydrogens (tertiary/aromatic N) is 3. The maximum Gasteiger partial charge on any atom is 0.263 e. The number of amides is 1. The Morgan fingerprint density at radius 2 is 1.76 bits per heavy atom. The van der Waals surface area contributed by atoms with Gasteiger partial charge in [-0.05, 0) is 38.4 Å². The van der Waals surface area contributed by atoms with E-state index in [2.05, 4.69) is 4.98 Å². The van der Waals surface area contributed by atoms with E-state index >= 15 is 0 Å². The first-order chi connectivity index (χ1) is 13.5. The van der Waals surface area contributed by atoms with E-state index in [1.54, 1.807) is 43.4 Å². The summed E-state index contributed by atoms with van der Waals surface area (Å²) in [4.78, 5) is 21.7. The SMILES string of the molecule is COc1ccccc1C(=O)N(CCN(C)C)c1nc2c(OC)ccc(Cl)c2s1.Cl. The quantitative estimate of drug-likeness (QED) is 0.520. The van der Waals surface area contributed by atoms with Crippen molar-refractivity contribution in [1.29, 1.82) is 0 Å². The van der Waals surface area contributed by atoms with Crippen molar-refractivity contribution in [2.75, 3.05) is 46.3 Å². The lowest BCUT2D eigenvalue weighted by Crippen LogP contribution is -2.36. The van der Waals surface area contributed by atoms with Crippen LogP contribution in [0.2, 0.25) is 5.02 Å². The zero-order valence-electron chi connectivity index (χ0n) is 16.6. The summed E-state index contributed by atoms with van der Waals surface area (Å²) in [6.45, 7) is 1.16. The fourth-order valence-electron chi connectivity index (χ4n) is 2.77. The molecule has 0 atom stereocenters. The van der Waals surface area contributed by atoms with Crippen LogP contribution in [0.5, 0.6) is 11.5 Å². The molecule has 0 aliphatic carbocycles. The summed E-state index contributed by atoms with van der Waals surface area (Å²) >= 11 is 7.73. The molecule has 1 aromatic heterocycles. The molecular formula is C20H23Cl2N3O3S. The molecule has 0 saturated heterocycles. The molecule has 0 bridgehead atoms. The van der Waals surface area contributed by atoms with Crippen molar-refractivity contribution in [3.05, 3.63) is 47.0 Å². The monoisotopic (exact) mass is 455 g/mol. The van der Waals surface area contributed by atoms with Gasteiger partial charge in [0.1, 0.15) is 17.0 Å². The van der Waals surface area contributed by atoms with Crippen molar-refractivity contribution in [3.8, 4) is 11.5 Å². The number of fused-ring (bicyclic) bond motifs is 1. The van der Waals surface area contributed by atoms with Gasteiger partial charge in [0.25, 0.3) is 5.91 Å². The number of halogens is 2. The Morgan fingerprint density at radius 3 is 2.41 bits per heavy atom. The van der Waals surface area contributed by atoms with E-state index in [-0.39, 0.29) is 18.3 Å². The minimum absolute atomic E-state index is 0. The van der Waals surface area contributed by atoms with Gasteiger partial charge in [0.05, 0.1) is 29.5 Å². The Bertz CT molecular complexity index is 994. The van der Waals surface area contributed by atoms with Crippen molar-refractivity contribution in [2.45, 2.75) is 0 Å². The lowest BCUT2D eigenvalue weighted by molar-refractivity contribution is 0.0982.